The van der Waals surface area contributed by atoms with Crippen molar-refractivity contribution in [3.8, 4) is 0 Å². The molecule has 0 aromatic rings. The summed E-state index contributed by atoms with van der Waals surface area (Å²) in [5.41, 5.74) is -0.254. The van der Waals surface area contributed by atoms with E-state index in [1.165, 1.54) is 11.8 Å². The number of ketones is 1. The summed E-state index contributed by atoms with van der Waals surface area (Å²) in [6.07, 6.45) is 3.87. The van der Waals surface area contributed by atoms with Crippen LogP contribution in [0.2, 0.25) is 0 Å². The Balaban J connectivity index is 2.70. The molecule has 0 aromatic heterocycles. The summed E-state index contributed by atoms with van der Waals surface area (Å²) in [5.74, 6) is 1.32. The molecule has 1 rings (SSSR count). The summed E-state index contributed by atoms with van der Waals surface area (Å²) in [5, 5.41) is 14.3. The van der Waals surface area contributed by atoms with Gasteiger partial charge in [-0.3, -0.25) is 14.9 Å². The van der Waals surface area contributed by atoms with Gasteiger partial charge in [0.1, 0.15) is 0 Å². The molecule has 0 aliphatic carbocycles. The lowest BCUT2D eigenvalue weighted by atomic mass is 10.2. The van der Waals surface area contributed by atoms with Gasteiger partial charge in [-0.15, -0.1) is 11.8 Å². The molecule has 0 radical (unpaired) electrons. The molecule has 17 heavy (non-hydrogen) atoms. The van der Waals surface area contributed by atoms with Crippen molar-refractivity contribution in [3.05, 3.63) is 20.8 Å². The summed E-state index contributed by atoms with van der Waals surface area (Å²) in [6, 6.07) is 0. The fourth-order valence-corrected chi connectivity index (χ4v) is 2.91. The Bertz CT molecular complexity index is 324. The number of hydrogen-bond donors (Lipinski definition) is 1. The van der Waals surface area contributed by atoms with Crippen LogP contribution in [0.4, 0.5) is 0 Å². The number of nitrogens with zero attached hydrogens (tertiary/aromatic N) is 1. The lowest BCUT2D eigenvalue weighted by molar-refractivity contribution is -0.419. The maximum atomic E-state index is 11.8. The molecule has 1 heterocycles. The van der Waals surface area contributed by atoms with Crippen LogP contribution in [0, 0.1) is 10.1 Å². The first-order valence-corrected chi connectivity index (χ1v) is 7.82. The minimum atomic E-state index is -0.553. The lowest BCUT2D eigenvalue weighted by Crippen LogP contribution is -2.25. The maximum absolute atomic E-state index is 11.8. The van der Waals surface area contributed by atoms with E-state index >= 15 is 0 Å². The van der Waals surface area contributed by atoms with Crippen molar-refractivity contribution in [2.24, 2.45) is 0 Å². The summed E-state index contributed by atoms with van der Waals surface area (Å²) in [6.45, 7) is 0.706. The second-order valence-electron chi connectivity index (χ2n) is 3.58. The van der Waals surface area contributed by atoms with E-state index in [9.17, 15) is 14.9 Å². The first-order chi connectivity index (χ1) is 8.16. The summed E-state index contributed by atoms with van der Waals surface area (Å²) in [7, 11) is 0. The highest BCUT2D eigenvalue weighted by Crippen LogP contribution is 2.23. The van der Waals surface area contributed by atoms with Crippen LogP contribution >= 0.6 is 23.5 Å². The zero-order chi connectivity index (χ0) is 12.7. The molecule has 7 heteroatoms. The molecular formula is C10H16N2O3S2. The minimum absolute atomic E-state index is 0.253. The third-order valence-electron chi connectivity index (χ3n) is 2.27. The molecule has 0 saturated carbocycles. The Morgan fingerprint density at radius 2 is 2.41 bits per heavy atom. The summed E-state index contributed by atoms with van der Waals surface area (Å²) in [4.78, 5) is 22.2. The van der Waals surface area contributed by atoms with E-state index in [-0.39, 0.29) is 17.9 Å². The van der Waals surface area contributed by atoms with Gasteiger partial charge in [0.05, 0.1) is 4.92 Å². The first kappa shape index (κ1) is 14.4. The average Bonchev–Trinajstić information content (AvgIpc) is 2.30. The van der Waals surface area contributed by atoms with Crippen molar-refractivity contribution in [1.82, 2.24) is 5.32 Å². The topological polar surface area (TPSA) is 72.2 Å². The second-order valence-corrected chi connectivity index (χ2v) is 5.67. The van der Waals surface area contributed by atoms with Gasteiger partial charge in [0.15, 0.2) is 5.03 Å². The van der Waals surface area contributed by atoms with Gasteiger partial charge in [-0.1, -0.05) is 0 Å². The van der Waals surface area contributed by atoms with Crippen LogP contribution in [0.3, 0.4) is 0 Å². The fraction of sp³-hybridized carbons (Fsp3) is 0.700. The van der Waals surface area contributed by atoms with Crippen molar-refractivity contribution in [2.45, 2.75) is 19.3 Å². The number of hydrogen-bond acceptors (Lipinski definition) is 6. The van der Waals surface area contributed by atoms with Crippen molar-refractivity contribution in [2.75, 3.05) is 24.3 Å². The molecule has 0 atom stereocenters. The number of carbonyl (C=O) groups excluding carboxylic acids is 1. The van der Waals surface area contributed by atoms with Gasteiger partial charge in [0.25, 0.3) is 0 Å². The zero-order valence-corrected chi connectivity index (χ0v) is 11.4. The molecule has 1 aliphatic rings. The molecule has 1 N–H and O–H groups in total. The van der Waals surface area contributed by atoms with E-state index < -0.39 is 4.92 Å². The summed E-state index contributed by atoms with van der Waals surface area (Å²) >= 11 is 3.01. The van der Waals surface area contributed by atoms with Crippen LogP contribution in [0.5, 0.6) is 0 Å². The molecule has 1 fully saturated rings. The fourth-order valence-electron chi connectivity index (χ4n) is 1.46. The monoisotopic (exact) mass is 276 g/mol. The van der Waals surface area contributed by atoms with Gasteiger partial charge >= 0.3 is 5.70 Å². The van der Waals surface area contributed by atoms with Crippen LogP contribution in [0.25, 0.3) is 0 Å². The first-order valence-electron chi connectivity index (χ1n) is 5.44. The smallest absolute Gasteiger partial charge is 0.341 e. The average molecular weight is 276 g/mol. The van der Waals surface area contributed by atoms with Crippen LogP contribution in [-0.2, 0) is 4.79 Å². The highest BCUT2D eigenvalue weighted by Gasteiger charge is 2.28. The van der Waals surface area contributed by atoms with E-state index in [4.69, 9.17) is 0 Å². The van der Waals surface area contributed by atoms with Gasteiger partial charge in [0.2, 0.25) is 5.78 Å². The number of Topliss-reactive ketones (excluding diaryl/α,β-unsaturated/α-hetero) is 1. The Morgan fingerprint density at radius 1 is 1.65 bits per heavy atom. The van der Waals surface area contributed by atoms with Crippen LogP contribution in [0.1, 0.15) is 19.3 Å². The van der Waals surface area contributed by atoms with E-state index in [1.54, 1.807) is 11.8 Å². The van der Waals surface area contributed by atoms with Gasteiger partial charge in [0, 0.05) is 18.7 Å². The Kier molecular flexibility index (Phi) is 6.43. The molecule has 0 spiro atoms. The molecule has 1 aliphatic heterocycles. The second kappa shape index (κ2) is 7.60. The number of carbonyl (C=O) groups is 1. The quantitative estimate of drug-likeness (QED) is 0.345. The van der Waals surface area contributed by atoms with Crippen molar-refractivity contribution in [1.29, 1.82) is 0 Å². The van der Waals surface area contributed by atoms with Gasteiger partial charge in [-0.25, -0.2) is 0 Å². The standard InChI is InChI=1S/C10H16N2O3S2/c1-16-6-2-4-8(13)9(12(14)15)10-11-5-3-7-17-10/h11H,2-7H2,1H3. The number of allylic oxidation sites excluding steroid dienone is 1. The van der Waals surface area contributed by atoms with Gasteiger partial charge in [-0.05, 0) is 24.9 Å². The zero-order valence-electron chi connectivity index (χ0n) is 9.73. The highest BCUT2D eigenvalue weighted by atomic mass is 32.2. The Hall–Kier alpha value is -0.690. The van der Waals surface area contributed by atoms with Gasteiger partial charge in [-0.2, -0.15) is 11.8 Å². The molecule has 96 valence electrons. The van der Waals surface area contributed by atoms with Crippen LogP contribution in [0.15, 0.2) is 10.7 Å². The Labute approximate surface area is 109 Å². The molecule has 0 aromatic carbocycles. The molecule has 0 unspecified atom stereocenters. The van der Waals surface area contributed by atoms with E-state index in [1.807, 2.05) is 6.26 Å². The lowest BCUT2D eigenvalue weighted by Gasteiger charge is -2.15. The number of thioether (sulfide) groups is 2. The predicted octanol–water partition coefficient (Wildman–Crippen LogP) is 1.87. The summed E-state index contributed by atoms with van der Waals surface area (Å²) < 4.78 is 0. The molecule has 1 saturated heterocycles. The minimum Gasteiger partial charge on any atom is -0.374 e. The predicted molar refractivity (Wildman–Crippen MR) is 71.7 cm³/mol. The molecule has 0 amide bonds. The van der Waals surface area contributed by atoms with Crippen molar-refractivity contribution >= 4 is 29.3 Å². The highest BCUT2D eigenvalue weighted by molar-refractivity contribution is 8.03. The third-order valence-corrected chi connectivity index (χ3v) is 4.08. The number of nitro groups is 1. The maximum Gasteiger partial charge on any atom is 0.341 e. The van der Waals surface area contributed by atoms with E-state index in [0.717, 1.165) is 17.9 Å². The van der Waals surface area contributed by atoms with Crippen LogP contribution in [-0.4, -0.2) is 35.0 Å². The normalized spacial score (nSPS) is 18.4. The molecule has 0 bridgehead atoms. The van der Waals surface area contributed by atoms with Gasteiger partial charge < -0.3 is 5.32 Å². The SMILES string of the molecule is CSCCCC(=O)C(=C1NCCCS1)[N+](=O)[O-]. The van der Waals surface area contributed by atoms with E-state index in [2.05, 4.69) is 5.32 Å². The third kappa shape index (κ3) is 4.59. The van der Waals surface area contributed by atoms with Crippen molar-refractivity contribution < 1.29 is 9.72 Å². The molecular weight excluding hydrogens is 260 g/mol. The molecule has 5 nitrogen and oxygen atoms in total. The van der Waals surface area contributed by atoms with E-state index in [0.29, 0.717) is 18.0 Å². The van der Waals surface area contributed by atoms with Crippen molar-refractivity contribution in [3.63, 3.8) is 0 Å². The largest absolute Gasteiger partial charge is 0.374 e. The number of rotatable bonds is 6. The van der Waals surface area contributed by atoms with Crippen LogP contribution < -0.4 is 5.32 Å². The Morgan fingerprint density at radius 3 is 2.94 bits per heavy atom. The number of nitrogens with one attached hydrogen (secondary N) is 1.